The number of likely N-dealkylation sites (N-methyl/N-ethyl adjacent to an activating group) is 1. The van der Waals surface area contributed by atoms with Gasteiger partial charge in [0.25, 0.3) is 0 Å². The van der Waals surface area contributed by atoms with Gasteiger partial charge in [-0.3, -0.25) is 0 Å². The van der Waals surface area contributed by atoms with Crippen molar-refractivity contribution in [1.29, 1.82) is 0 Å². The Balaban J connectivity index is 2.34. The minimum atomic E-state index is -0.271. The van der Waals surface area contributed by atoms with Gasteiger partial charge in [0.15, 0.2) is 0 Å². The molecule has 0 bridgehead atoms. The van der Waals surface area contributed by atoms with Gasteiger partial charge in [0, 0.05) is 24.8 Å². The molecule has 0 heterocycles. The molecule has 0 saturated heterocycles. The highest BCUT2D eigenvalue weighted by Gasteiger charge is 2.01. The second-order valence-corrected chi connectivity index (χ2v) is 3.73. The number of phenolic OH excluding ortho intramolecular Hbond substituents is 1. The third-order valence-electron chi connectivity index (χ3n) is 1.95. The summed E-state index contributed by atoms with van der Waals surface area (Å²) < 4.78 is 0. The molecule has 1 aromatic rings. The first kappa shape index (κ1) is 12.3. The number of benzene rings is 1. The summed E-state index contributed by atoms with van der Waals surface area (Å²) in [5, 5.41) is 14.5. The van der Waals surface area contributed by atoms with Gasteiger partial charge >= 0.3 is 6.03 Å². The number of urea groups is 1. The monoisotopic (exact) mass is 223 g/mol. The molecule has 16 heavy (non-hydrogen) atoms. The van der Waals surface area contributed by atoms with Gasteiger partial charge in [-0.15, -0.1) is 0 Å². The number of phenols is 1. The van der Waals surface area contributed by atoms with Crippen LogP contribution in [0, 0.1) is 0 Å². The Kier molecular flexibility index (Phi) is 4.60. The molecule has 0 aromatic heterocycles. The van der Waals surface area contributed by atoms with E-state index >= 15 is 0 Å². The highest BCUT2D eigenvalue weighted by molar-refractivity contribution is 5.89. The van der Waals surface area contributed by atoms with Crippen LogP contribution in [-0.4, -0.2) is 43.2 Å². The molecule has 0 saturated carbocycles. The second kappa shape index (κ2) is 5.97. The number of hydrogen-bond donors (Lipinski definition) is 3. The topological polar surface area (TPSA) is 64.6 Å². The smallest absolute Gasteiger partial charge is 0.319 e. The number of amides is 2. The van der Waals surface area contributed by atoms with Crippen molar-refractivity contribution in [2.24, 2.45) is 0 Å². The lowest BCUT2D eigenvalue weighted by molar-refractivity contribution is 0.250. The quantitative estimate of drug-likeness (QED) is 0.715. The maximum atomic E-state index is 11.4. The molecule has 5 heteroatoms. The zero-order valence-corrected chi connectivity index (χ0v) is 9.53. The molecule has 3 N–H and O–H groups in total. The zero-order chi connectivity index (χ0) is 12.0. The van der Waals surface area contributed by atoms with E-state index in [1.807, 2.05) is 19.0 Å². The molecule has 5 nitrogen and oxygen atoms in total. The van der Waals surface area contributed by atoms with E-state index in [9.17, 15) is 9.90 Å². The SMILES string of the molecule is CN(C)CCNC(=O)Nc1cccc(O)c1. The lowest BCUT2D eigenvalue weighted by atomic mass is 10.3. The molecule has 88 valence electrons. The minimum absolute atomic E-state index is 0.131. The van der Waals surface area contributed by atoms with Gasteiger partial charge in [-0.1, -0.05) is 6.07 Å². The Hall–Kier alpha value is -1.75. The summed E-state index contributed by atoms with van der Waals surface area (Å²) in [7, 11) is 3.88. The normalized spacial score (nSPS) is 10.2. The van der Waals surface area contributed by atoms with Gasteiger partial charge in [-0.2, -0.15) is 0 Å². The zero-order valence-electron chi connectivity index (χ0n) is 9.53. The van der Waals surface area contributed by atoms with E-state index in [-0.39, 0.29) is 11.8 Å². The van der Waals surface area contributed by atoms with E-state index in [2.05, 4.69) is 10.6 Å². The lowest BCUT2D eigenvalue weighted by Gasteiger charge is -2.11. The van der Waals surface area contributed by atoms with Crippen LogP contribution in [0.3, 0.4) is 0 Å². The van der Waals surface area contributed by atoms with Crippen LogP contribution in [0.15, 0.2) is 24.3 Å². The maximum absolute atomic E-state index is 11.4. The lowest BCUT2D eigenvalue weighted by Crippen LogP contribution is -2.34. The molecule has 1 aromatic carbocycles. The van der Waals surface area contributed by atoms with E-state index in [4.69, 9.17) is 0 Å². The van der Waals surface area contributed by atoms with Crippen molar-refractivity contribution < 1.29 is 9.90 Å². The molecule has 0 aliphatic rings. The van der Waals surface area contributed by atoms with Crippen LogP contribution in [-0.2, 0) is 0 Å². The Labute approximate surface area is 95.1 Å². The summed E-state index contributed by atoms with van der Waals surface area (Å²) in [6.45, 7) is 1.37. The number of aromatic hydroxyl groups is 1. The van der Waals surface area contributed by atoms with Gasteiger partial charge in [0.1, 0.15) is 5.75 Å². The van der Waals surface area contributed by atoms with Crippen LogP contribution in [0.25, 0.3) is 0 Å². The van der Waals surface area contributed by atoms with Gasteiger partial charge in [0.2, 0.25) is 0 Å². The van der Waals surface area contributed by atoms with E-state index in [0.29, 0.717) is 12.2 Å². The number of anilines is 1. The minimum Gasteiger partial charge on any atom is -0.508 e. The van der Waals surface area contributed by atoms with Crippen molar-refractivity contribution in [2.45, 2.75) is 0 Å². The third kappa shape index (κ3) is 4.65. The van der Waals surface area contributed by atoms with Crippen LogP contribution < -0.4 is 10.6 Å². The predicted octanol–water partition coefficient (Wildman–Crippen LogP) is 1.08. The summed E-state index contributed by atoms with van der Waals surface area (Å²) >= 11 is 0. The first-order chi connectivity index (χ1) is 7.58. The summed E-state index contributed by atoms with van der Waals surface area (Å²) in [5.41, 5.74) is 0.572. The van der Waals surface area contributed by atoms with Crippen molar-refractivity contribution in [2.75, 3.05) is 32.5 Å². The fourth-order valence-electron chi connectivity index (χ4n) is 1.15. The van der Waals surface area contributed by atoms with Crippen molar-refractivity contribution in [3.8, 4) is 5.75 Å². The van der Waals surface area contributed by atoms with Crippen LogP contribution in [0.1, 0.15) is 0 Å². The number of carbonyl (C=O) groups excluding carboxylic acids is 1. The summed E-state index contributed by atoms with van der Waals surface area (Å²) in [5.74, 6) is 0.131. The van der Waals surface area contributed by atoms with Gasteiger partial charge < -0.3 is 20.6 Å². The van der Waals surface area contributed by atoms with Crippen LogP contribution in [0.5, 0.6) is 5.75 Å². The molecule has 0 fully saturated rings. The molecule has 2 amide bonds. The Morgan fingerprint density at radius 1 is 1.44 bits per heavy atom. The summed E-state index contributed by atoms with van der Waals surface area (Å²) in [6.07, 6.45) is 0. The molecular weight excluding hydrogens is 206 g/mol. The Bertz CT molecular complexity index is 353. The van der Waals surface area contributed by atoms with E-state index in [1.54, 1.807) is 18.2 Å². The number of carbonyl (C=O) groups is 1. The second-order valence-electron chi connectivity index (χ2n) is 3.73. The number of nitrogens with one attached hydrogen (secondary N) is 2. The fraction of sp³-hybridized carbons (Fsp3) is 0.364. The Morgan fingerprint density at radius 2 is 2.19 bits per heavy atom. The fourth-order valence-corrected chi connectivity index (χ4v) is 1.15. The number of nitrogens with zero attached hydrogens (tertiary/aromatic N) is 1. The van der Waals surface area contributed by atoms with Gasteiger partial charge in [-0.05, 0) is 26.2 Å². The standard InChI is InChI=1S/C11H17N3O2/c1-14(2)7-6-12-11(16)13-9-4-3-5-10(15)8-9/h3-5,8,15H,6-7H2,1-2H3,(H2,12,13,16). The van der Waals surface area contributed by atoms with Gasteiger partial charge in [-0.25, -0.2) is 4.79 Å². The molecule has 0 atom stereocenters. The van der Waals surface area contributed by atoms with E-state index < -0.39 is 0 Å². The largest absolute Gasteiger partial charge is 0.508 e. The maximum Gasteiger partial charge on any atom is 0.319 e. The van der Waals surface area contributed by atoms with E-state index in [0.717, 1.165) is 6.54 Å². The first-order valence-corrected chi connectivity index (χ1v) is 5.06. The first-order valence-electron chi connectivity index (χ1n) is 5.06. The van der Waals surface area contributed by atoms with Crippen LogP contribution >= 0.6 is 0 Å². The summed E-state index contributed by atoms with van der Waals surface area (Å²) in [4.78, 5) is 13.4. The van der Waals surface area contributed by atoms with Crippen molar-refractivity contribution in [3.63, 3.8) is 0 Å². The molecule has 0 spiro atoms. The average molecular weight is 223 g/mol. The van der Waals surface area contributed by atoms with Crippen LogP contribution in [0.2, 0.25) is 0 Å². The average Bonchev–Trinajstić information content (AvgIpc) is 2.16. The van der Waals surface area contributed by atoms with Crippen molar-refractivity contribution in [1.82, 2.24) is 10.2 Å². The highest BCUT2D eigenvalue weighted by Crippen LogP contribution is 2.14. The third-order valence-corrected chi connectivity index (χ3v) is 1.95. The number of rotatable bonds is 4. The van der Waals surface area contributed by atoms with Crippen molar-refractivity contribution in [3.05, 3.63) is 24.3 Å². The molecular formula is C11H17N3O2. The highest BCUT2D eigenvalue weighted by atomic mass is 16.3. The molecule has 1 rings (SSSR count). The molecule has 0 aliphatic carbocycles. The Morgan fingerprint density at radius 3 is 2.81 bits per heavy atom. The molecule has 0 unspecified atom stereocenters. The summed E-state index contributed by atoms with van der Waals surface area (Å²) in [6, 6.07) is 6.16. The molecule has 0 radical (unpaired) electrons. The predicted molar refractivity (Wildman–Crippen MR) is 63.7 cm³/mol. The molecule has 0 aliphatic heterocycles. The van der Waals surface area contributed by atoms with Gasteiger partial charge in [0.05, 0.1) is 0 Å². The van der Waals surface area contributed by atoms with Crippen molar-refractivity contribution >= 4 is 11.7 Å². The van der Waals surface area contributed by atoms with Crippen LogP contribution in [0.4, 0.5) is 10.5 Å². The van der Waals surface area contributed by atoms with E-state index in [1.165, 1.54) is 6.07 Å². The number of hydrogen-bond acceptors (Lipinski definition) is 3.